The fourth-order valence-electron chi connectivity index (χ4n) is 1.85. The number of hydrogen-bond donors (Lipinski definition) is 1. The van der Waals surface area contributed by atoms with Crippen molar-refractivity contribution >= 4 is 28.1 Å². The summed E-state index contributed by atoms with van der Waals surface area (Å²) < 4.78 is 6.90. The number of benzene rings is 2. The number of halogens is 1. The quantitative estimate of drug-likeness (QED) is 0.694. The van der Waals surface area contributed by atoms with Crippen LogP contribution in [0.1, 0.15) is 11.1 Å². The maximum absolute atomic E-state index is 5.86. The van der Waals surface area contributed by atoms with Crippen molar-refractivity contribution in [1.29, 1.82) is 0 Å². The number of hydrogen-bond acceptors (Lipinski definition) is 6. The first-order chi connectivity index (χ1) is 11.2. The topological polar surface area (TPSA) is 91.2 Å². The molecule has 0 amide bonds. The summed E-state index contributed by atoms with van der Waals surface area (Å²) in [6, 6.07) is 15.5. The Hall–Kier alpha value is -2.74. The van der Waals surface area contributed by atoms with Crippen LogP contribution in [0, 0.1) is 0 Å². The first-order valence-electron chi connectivity index (χ1n) is 6.77. The molecule has 0 atom stereocenters. The zero-order chi connectivity index (χ0) is 16.1. The lowest BCUT2D eigenvalue weighted by Gasteiger charge is -2.09. The number of nitrogens with zero attached hydrogens (tertiary/aromatic N) is 5. The highest BCUT2D eigenvalue weighted by atomic mass is 79.9. The minimum Gasteiger partial charge on any atom is -0.488 e. The molecule has 0 radical (unpaired) electrons. The maximum atomic E-state index is 5.86. The highest BCUT2D eigenvalue weighted by Crippen LogP contribution is 2.18. The van der Waals surface area contributed by atoms with Crippen LogP contribution in [0.25, 0.3) is 0 Å². The van der Waals surface area contributed by atoms with Gasteiger partial charge in [0.05, 0.1) is 6.21 Å². The zero-order valence-corrected chi connectivity index (χ0v) is 13.6. The van der Waals surface area contributed by atoms with Gasteiger partial charge in [0.2, 0.25) is 0 Å². The summed E-state index contributed by atoms with van der Waals surface area (Å²) in [7, 11) is 0. The van der Waals surface area contributed by atoms with Gasteiger partial charge < -0.3 is 10.5 Å². The molecule has 116 valence electrons. The number of nitrogen functional groups attached to an aromatic ring is 1. The molecule has 0 spiro atoms. The van der Waals surface area contributed by atoms with E-state index in [9.17, 15) is 0 Å². The Morgan fingerprint density at radius 3 is 2.70 bits per heavy atom. The van der Waals surface area contributed by atoms with Gasteiger partial charge in [0.15, 0.2) is 0 Å². The second kappa shape index (κ2) is 7.01. The summed E-state index contributed by atoms with van der Waals surface area (Å²) in [6.45, 7) is 0.463. The standard InChI is InChI=1S/C15H13BrN6O/c16-13-7-5-11(6-8-13)10-23-14-4-2-1-3-12(14)9-18-22-15(17)19-20-21-22/h1-9H,10H2,(H2,17,19,21). The molecule has 0 bridgehead atoms. The molecule has 2 N–H and O–H groups in total. The number of aromatic nitrogens is 4. The van der Waals surface area contributed by atoms with Crippen LogP contribution in [0.2, 0.25) is 0 Å². The molecule has 0 saturated carbocycles. The van der Waals surface area contributed by atoms with Crippen molar-refractivity contribution in [2.24, 2.45) is 5.10 Å². The molecular formula is C15H13BrN6O. The number of anilines is 1. The molecule has 0 unspecified atom stereocenters. The second-order valence-electron chi connectivity index (χ2n) is 4.62. The Labute approximate surface area is 140 Å². The third-order valence-electron chi connectivity index (χ3n) is 3.01. The molecule has 0 fully saturated rings. The van der Waals surface area contributed by atoms with Gasteiger partial charge in [-0.3, -0.25) is 0 Å². The summed E-state index contributed by atoms with van der Waals surface area (Å²) in [5.74, 6) is 0.834. The van der Waals surface area contributed by atoms with Gasteiger partial charge in [-0.25, -0.2) is 0 Å². The third kappa shape index (κ3) is 3.92. The molecule has 7 nitrogen and oxygen atoms in total. The van der Waals surface area contributed by atoms with Gasteiger partial charge in [-0.15, -0.1) is 0 Å². The van der Waals surface area contributed by atoms with E-state index in [1.165, 1.54) is 0 Å². The Balaban J connectivity index is 1.74. The van der Waals surface area contributed by atoms with Crippen molar-refractivity contribution in [3.05, 3.63) is 64.1 Å². The summed E-state index contributed by atoms with van der Waals surface area (Å²) in [5, 5.41) is 14.8. The minimum atomic E-state index is 0.120. The predicted molar refractivity (Wildman–Crippen MR) is 90.1 cm³/mol. The highest BCUT2D eigenvalue weighted by molar-refractivity contribution is 9.10. The lowest BCUT2D eigenvalue weighted by atomic mass is 10.2. The average Bonchev–Trinajstić information content (AvgIpc) is 2.98. The lowest BCUT2D eigenvalue weighted by molar-refractivity contribution is 0.306. The molecule has 3 aromatic rings. The normalized spacial score (nSPS) is 11.0. The van der Waals surface area contributed by atoms with Crippen LogP contribution in [0.5, 0.6) is 5.75 Å². The molecule has 23 heavy (non-hydrogen) atoms. The zero-order valence-electron chi connectivity index (χ0n) is 12.0. The van der Waals surface area contributed by atoms with Crippen molar-refractivity contribution in [2.75, 3.05) is 5.73 Å². The number of tetrazole rings is 1. The van der Waals surface area contributed by atoms with Crippen molar-refractivity contribution in [1.82, 2.24) is 20.3 Å². The SMILES string of the molecule is Nc1nnnn1N=Cc1ccccc1OCc1ccc(Br)cc1. The maximum Gasteiger partial charge on any atom is 0.263 e. The van der Waals surface area contributed by atoms with E-state index in [-0.39, 0.29) is 5.95 Å². The Morgan fingerprint density at radius 2 is 1.96 bits per heavy atom. The minimum absolute atomic E-state index is 0.120. The molecule has 2 aromatic carbocycles. The van der Waals surface area contributed by atoms with E-state index in [1.807, 2.05) is 48.5 Å². The van der Waals surface area contributed by atoms with E-state index in [2.05, 4.69) is 36.6 Å². The fraction of sp³-hybridized carbons (Fsp3) is 0.0667. The van der Waals surface area contributed by atoms with Crippen molar-refractivity contribution in [3.63, 3.8) is 0 Å². The van der Waals surface area contributed by atoms with Gasteiger partial charge in [0, 0.05) is 10.0 Å². The van der Waals surface area contributed by atoms with Gasteiger partial charge in [0.1, 0.15) is 12.4 Å². The Kier molecular flexibility index (Phi) is 4.62. The van der Waals surface area contributed by atoms with Crippen LogP contribution >= 0.6 is 15.9 Å². The first kappa shape index (κ1) is 15.2. The van der Waals surface area contributed by atoms with Crippen LogP contribution in [-0.4, -0.2) is 26.5 Å². The number of para-hydroxylation sites is 1. The average molecular weight is 373 g/mol. The van der Waals surface area contributed by atoms with Gasteiger partial charge in [-0.05, 0) is 40.3 Å². The summed E-state index contributed by atoms with van der Waals surface area (Å²) in [6.07, 6.45) is 1.60. The first-order valence-corrected chi connectivity index (χ1v) is 7.56. The Bertz CT molecular complexity index is 815. The van der Waals surface area contributed by atoms with E-state index >= 15 is 0 Å². The summed E-state index contributed by atoms with van der Waals surface area (Å²) >= 11 is 3.41. The molecule has 0 aliphatic carbocycles. The number of nitrogens with two attached hydrogens (primary N) is 1. The van der Waals surface area contributed by atoms with Gasteiger partial charge in [-0.1, -0.05) is 50.1 Å². The van der Waals surface area contributed by atoms with Crippen LogP contribution in [0.15, 0.2) is 58.1 Å². The van der Waals surface area contributed by atoms with Crippen molar-refractivity contribution < 1.29 is 4.74 Å². The second-order valence-corrected chi connectivity index (χ2v) is 5.54. The van der Waals surface area contributed by atoms with Crippen molar-refractivity contribution in [3.8, 4) is 5.75 Å². The number of ether oxygens (including phenoxy) is 1. The van der Waals surface area contributed by atoms with E-state index in [0.29, 0.717) is 12.4 Å². The van der Waals surface area contributed by atoms with Crippen molar-refractivity contribution in [2.45, 2.75) is 6.61 Å². The highest BCUT2D eigenvalue weighted by Gasteiger charge is 2.03. The van der Waals surface area contributed by atoms with Gasteiger partial charge >= 0.3 is 0 Å². The van der Waals surface area contributed by atoms with E-state index in [1.54, 1.807) is 6.21 Å². The van der Waals surface area contributed by atoms with Crippen LogP contribution in [0.4, 0.5) is 5.95 Å². The molecule has 1 aromatic heterocycles. The number of rotatable bonds is 5. The smallest absolute Gasteiger partial charge is 0.263 e. The summed E-state index contributed by atoms with van der Waals surface area (Å²) in [4.78, 5) is 1.14. The van der Waals surface area contributed by atoms with Gasteiger partial charge in [0.25, 0.3) is 5.95 Å². The molecule has 0 aliphatic rings. The van der Waals surface area contributed by atoms with Gasteiger partial charge in [-0.2, -0.15) is 5.10 Å². The summed E-state index contributed by atoms with van der Waals surface area (Å²) in [5.41, 5.74) is 7.45. The third-order valence-corrected chi connectivity index (χ3v) is 3.54. The van der Waals surface area contributed by atoms with E-state index in [4.69, 9.17) is 10.5 Å². The lowest BCUT2D eigenvalue weighted by Crippen LogP contribution is -2.01. The Morgan fingerprint density at radius 1 is 1.17 bits per heavy atom. The molecule has 1 heterocycles. The van der Waals surface area contributed by atoms with Crippen LogP contribution in [-0.2, 0) is 6.61 Å². The molecule has 3 rings (SSSR count). The predicted octanol–water partition coefficient (Wildman–Crippen LogP) is 2.48. The van der Waals surface area contributed by atoms with Crippen LogP contribution < -0.4 is 10.5 Å². The molecule has 8 heteroatoms. The van der Waals surface area contributed by atoms with E-state index < -0.39 is 0 Å². The molecule has 0 aliphatic heterocycles. The van der Waals surface area contributed by atoms with E-state index in [0.717, 1.165) is 20.4 Å². The fourth-order valence-corrected chi connectivity index (χ4v) is 2.11. The molecular weight excluding hydrogens is 360 g/mol. The molecule has 0 saturated heterocycles. The van der Waals surface area contributed by atoms with Crippen LogP contribution in [0.3, 0.4) is 0 Å². The monoisotopic (exact) mass is 372 g/mol. The largest absolute Gasteiger partial charge is 0.488 e.